The van der Waals surface area contributed by atoms with Gasteiger partial charge in [-0.25, -0.2) is 4.79 Å². The Labute approximate surface area is 100 Å². The Morgan fingerprint density at radius 2 is 2.00 bits per heavy atom. The quantitative estimate of drug-likeness (QED) is 0.560. The average Bonchev–Trinajstić information content (AvgIpc) is 2.37. The van der Waals surface area contributed by atoms with Gasteiger partial charge in [0, 0.05) is 6.54 Å². The minimum Gasteiger partial charge on any atom is -0.497 e. The van der Waals surface area contributed by atoms with Crippen molar-refractivity contribution >= 4 is 5.97 Å². The topological polar surface area (TPSA) is 70.8 Å². The summed E-state index contributed by atoms with van der Waals surface area (Å²) in [6.07, 6.45) is 0. The summed E-state index contributed by atoms with van der Waals surface area (Å²) in [5.74, 6) is 0.376. The summed E-state index contributed by atoms with van der Waals surface area (Å²) < 4.78 is 15.0. The number of rotatable bonds is 7. The lowest BCUT2D eigenvalue weighted by Gasteiger charge is -2.06. The maximum absolute atomic E-state index is 11.2. The Kier molecular flexibility index (Phi) is 6.06. The fourth-order valence-electron chi connectivity index (χ4n) is 1.17. The molecule has 1 aromatic carbocycles. The lowest BCUT2D eigenvalue weighted by molar-refractivity contribution is -0.150. The van der Waals surface area contributed by atoms with Crippen LogP contribution >= 0.6 is 0 Å². The highest BCUT2D eigenvalue weighted by Crippen LogP contribution is 2.11. The summed E-state index contributed by atoms with van der Waals surface area (Å²) in [6, 6.07) is 7.31. The van der Waals surface area contributed by atoms with Crippen LogP contribution in [0.15, 0.2) is 24.3 Å². The fraction of sp³-hybridized carbons (Fsp3) is 0.417. The van der Waals surface area contributed by atoms with Crippen molar-refractivity contribution < 1.29 is 19.0 Å². The molecule has 1 rings (SSSR count). The van der Waals surface area contributed by atoms with Crippen molar-refractivity contribution in [2.75, 3.05) is 26.9 Å². The van der Waals surface area contributed by atoms with Gasteiger partial charge in [-0.2, -0.15) is 0 Å². The van der Waals surface area contributed by atoms with E-state index in [-0.39, 0.29) is 13.2 Å². The standard InChI is InChI=1S/C12H17NO4/c1-15-11-4-2-10(3-5-11)8-17-12(14)9-16-7-6-13/h2-5H,6-9,13H2,1H3. The highest BCUT2D eigenvalue weighted by Gasteiger charge is 2.03. The summed E-state index contributed by atoms with van der Waals surface area (Å²) in [7, 11) is 1.60. The van der Waals surface area contributed by atoms with E-state index in [4.69, 9.17) is 19.9 Å². The second-order valence-electron chi connectivity index (χ2n) is 3.35. The number of carbonyl (C=O) groups excluding carboxylic acids is 1. The van der Waals surface area contributed by atoms with E-state index in [0.717, 1.165) is 11.3 Å². The van der Waals surface area contributed by atoms with Gasteiger partial charge in [-0.1, -0.05) is 12.1 Å². The first-order valence-corrected chi connectivity index (χ1v) is 5.32. The second kappa shape index (κ2) is 7.65. The molecule has 0 aromatic heterocycles. The number of esters is 1. The zero-order valence-corrected chi connectivity index (χ0v) is 9.85. The van der Waals surface area contributed by atoms with Crippen LogP contribution in [-0.4, -0.2) is 32.8 Å². The van der Waals surface area contributed by atoms with Crippen LogP contribution in [0.2, 0.25) is 0 Å². The van der Waals surface area contributed by atoms with E-state index in [9.17, 15) is 4.79 Å². The largest absolute Gasteiger partial charge is 0.497 e. The normalized spacial score (nSPS) is 10.0. The molecule has 0 amide bonds. The first-order chi connectivity index (χ1) is 8.26. The van der Waals surface area contributed by atoms with Crippen molar-refractivity contribution in [1.82, 2.24) is 0 Å². The maximum Gasteiger partial charge on any atom is 0.332 e. The van der Waals surface area contributed by atoms with Crippen LogP contribution in [0.3, 0.4) is 0 Å². The number of nitrogens with two attached hydrogens (primary N) is 1. The van der Waals surface area contributed by atoms with E-state index >= 15 is 0 Å². The van der Waals surface area contributed by atoms with Gasteiger partial charge in [0.15, 0.2) is 0 Å². The van der Waals surface area contributed by atoms with Crippen molar-refractivity contribution in [3.8, 4) is 5.75 Å². The second-order valence-corrected chi connectivity index (χ2v) is 3.35. The molecule has 5 nitrogen and oxygen atoms in total. The van der Waals surface area contributed by atoms with Crippen molar-refractivity contribution in [2.24, 2.45) is 5.73 Å². The maximum atomic E-state index is 11.2. The van der Waals surface area contributed by atoms with Crippen molar-refractivity contribution in [1.29, 1.82) is 0 Å². The number of methoxy groups -OCH3 is 1. The minimum atomic E-state index is -0.394. The SMILES string of the molecule is COc1ccc(COC(=O)COCCN)cc1. The highest BCUT2D eigenvalue weighted by molar-refractivity contribution is 5.70. The molecular weight excluding hydrogens is 222 g/mol. The van der Waals surface area contributed by atoms with Gasteiger partial charge in [-0.15, -0.1) is 0 Å². The zero-order chi connectivity index (χ0) is 12.5. The molecule has 0 aliphatic heterocycles. The number of carbonyl (C=O) groups is 1. The van der Waals surface area contributed by atoms with Gasteiger partial charge < -0.3 is 19.9 Å². The van der Waals surface area contributed by atoms with E-state index in [2.05, 4.69) is 0 Å². The minimum absolute atomic E-state index is 0.0621. The van der Waals surface area contributed by atoms with Crippen LogP contribution in [0, 0.1) is 0 Å². The molecule has 17 heavy (non-hydrogen) atoms. The van der Waals surface area contributed by atoms with Crippen molar-refractivity contribution in [2.45, 2.75) is 6.61 Å². The summed E-state index contributed by atoms with van der Waals surface area (Å²) in [6.45, 7) is 0.922. The molecule has 0 fully saturated rings. The molecule has 0 radical (unpaired) electrons. The van der Waals surface area contributed by atoms with E-state index in [1.54, 1.807) is 7.11 Å². The number of hydrogen-bond acceptors (Lipinski definition) is 5. The van der Waals surface area contributed by atoms with Crippen LogP contribution in [0.1, 0.15) is 5.56 Å². The Morgan fingerprint density at radius 3 is 2.59 bits per heavy atom. The van der Waals surface area contributed by atoms with Gasteiger partial charge in [-0.3, -0.25) is 0 Å². The molecule has 0 aliphatic rings. The molecule has 5 heteroatoms. The highest BCUT2D eigenvalue weighted by atomic mass is 16.6. The molecular formula is C12H17NO4. The Hall–Kier alpha value is -1.59. The Balaban J connectivity index is 2.27. The molecule has 0 atom stereocenters. The van der Waals surface area contributed by atoms with Gasteiger partial charge in [0.2, 0.25) is 0 Å². The molecule has 0 spiro atoms. The number of ether oxygens (including phenoxy) is 3. The van der Waals surface area contributed by atoms with E-state index in [0.29, 0.717) is 13.2 Å². The molecule has 0 aliphatic carbocycles. The number of hydrogen-bond donors (Lipinski definition) is 1. The van der Waals surface area contributed by atoms with Gasteiger partial charge in [0.25, 0.3) is 0 Å². The summed E-state index contributed by atoms with van der Waals surface area (Å²) in [5, 5.41) is 0. The van der Waals surface area contributed by atoms with Crippen LogP contribution in [-0.2, 0) is 20.9 Å². The zero-order valence-electron chi connectivity index (χ0n) is 9.85. The Bertz CT molecular complexity index is 337. The first-order valence-electron chi connectivity index (χ1n) is 5.32. The molecule has 94 valence electrons. The molecule has 0 unspecified atom stereocenters. The first kappa shape index (κ1) is 13.5. The van der Waals surface area contributed by atoms with Gasteiger partial charge in [-0.05, 0) is 17.7 Å². The summed E-state index contributed by atoms with van der Waals surface area (Å²) >= 11 is 0. The third-order valence-corrected chi connectivity index (χ3v) is 2.04. The van der Waals surface area contributed by atoms with E-state index in [1.165, 1.54) is 0 Å². The van der Waals surface area contributed by atoms with Crippen LogP contribution in [0.5, 0.6) is 5.75 Å². The smallest absolute Gasteiger partial charge is 0.332 e. The Morgan fingerprint density at radius 1 is 1.29 bits per heavy atom. The molecule has 0 heterocycles. The van der Waals surface area contributed by atoms with Crippen LogP contribution in [0.25, 0.3) is 0 Å². The fourth-order valence-corrected chi connectivity index (χ4v) is 1.17. The summed E-state index contributed by atoms with van der Waals surface area (Å²) in [4.78, 5) is 11.2. The molecule has 0 saturated carbocycles. The van der Waals surface area contributed by atoms with E-state index < -0.39 is 5.97 Å². The average molecular weight is 239 g/mol. The lowest BCUT2D eigenvalue weighted by Crippen LogP contribution is -2.16. The van der Waals surface area contributed by atoms with Crippen molar-refractivity contribution in [3.05, 3.63) is 29.8 Å². The predicted molar refractivity (Wildman–Crippen MR) is 62.7 cm³/mol. The monoisotopic (exact) mass is 239 g/mol. The third-order valence-electron chi connectivity index (χ3n) is 2.04. The van der Waals surface area contributed by atoms with Gasteiger partial charge in [0.05, 0.1) is 13.7 Å². The van der Waals surface area contributed by atoms with Crippen LogP contribution in [0.4, 0.5) is 0 Å². The van der Waals surface area contributed by atoms with Gasteiger partial charge >= 0.3 is 5.97 Å². The molecule has 1 aromatic rings. The predicted octanol–water partition coefficient (Wildman–Crippen LogP) is 0.714. The molecule has 0 bridgehead atoms. The lowest BCUT2D eigenvalue weighted by atomic mass is 10.2. The molecule has 2 N–H and O–H groups in total. The van der Waals surface area contributed by atoms with E-state index in [1.807, 2.05) is 24.3 Å². The van der Waals surface area contributed by atoms with Crippen molar-refractivity contribution in [3.63, 3.8) is 0 Å². The number of benzene rings is 1. The summed E-state index contributed by atoms with van der Waals surface area (Å²) in [5.41, 5.74) is 6.12. The van der Waals surface area contributed by atoms with Gasteiger partial charge in [0.1, 0.15) is 19.0 Å². The molecule has 0 saturated heterocycles. The van der Waals surface area contributed by atoms with Crippen LogP contribution < -0.4 is 10.5 Å². The third kappa shape index (κ3) is 5.33.